The number of hydrogen-bond donors (Lipinski definition) is 0. The Hall–Kier alpha value is -1.07. The Kier molecular flexibility index (Phi) is 2.38. The van der Waals surface area contributed by atoms with Gasteiger partial charge in [0.1, 0.15) is 15.5 Å². The lowest BCUT2D eigenvalue weighted by atomic mass is 9.74. The molecule has 1 aliphatic carbocycles. The number of oxime groups is 1. The molecule has 3 unspecified atom stereocenters. The Balaban J connectivity index is 1.78. The van der Waals surface area contributed by atoms with E-state index in [1.807, 2.05) is 0 Å². The smallest absolute Gasteiger partial charge is 0.118 e. The predicted octanol–water partition coefficient (Wildman–Crippen LogP) is 3.57. The molecule has 0 saturated heterocycles. The second-order valence-electron chi connectivity index (χ2n) is 4.74. The maximum atomic E-state index is 5.47. The molecule has 3 atom stereocenters. The molecule has 1 aromatic carbocycles. The van der Waals surface area contributed by atoms with Crippen molar-refractivity contribution in [2.75, 3.05) is 0 Å². The topological polar surface area (TPSA) is 34.0 Å². The molecule has 92 valence electrons. The Labute approximate surface area is 112 Å². The van der Waals surface area contributed by atoms with E-state index in [9.17, 15) is 0 Å². The van der Waals surface area contributed by atoms with Gasteiger partial charge in [0.05, 0.1) is 21.6 Å². The van der Waals surface area contributed by atoms with E-state index in [4.69, 9.17) is 4.28 Å². The third-order valence-corrected chi connectivity index (χ3v) is 6.49. The molecule has 5 heteroatoms. The van der Waals surface area contributed by atoms with Crippen molar-refractivity contribution in [3.63, 3.8) is 0 Å². The minimum atomic E-state index is -0.243. The Morgan fingerprint density at radius 2 is 2.17 bits per heavy atom. The molecule has 0 N–H and O–H groups in total. The van der Waals surface area contributed by atoms with Gasteiger partial charge >= 0.3 is 0 Å². The first-order valence-electron chi connectivity index (χ1n) is 6.01. The zero-order chi connectivity index (χ0) is 12.1. The Morgan fingerprint density at radius 3 is 3.00 bits per heavy atom. The average molecular weight is 276 g/mol. The van der Waals surface area contributed by atoms with E-state index in [-0.39, 0.29) is 9.80 Å². The molecule has 1 aromatic rings. The van der Waals surface area contributed by atoms with Crippen molar-refractivity contribution < 1.29 is 4.28 Å². The predicted molar refractivity (Wildman–Crippen MR) is 79.1 cm³/mol. The van der Waals surface area contributed by atoms with E-state index in [1.165, 1.54) is 27.1 Å². The zero-order valence-corrected chi connectivity index (χ0v) is 11.5. The van der Waals surface area contributed by atoms with E-state index in [0.717, 1.165) is 12.1 Å². The van der Waals surface area contributed by atoms with Crippen LogP contribution in [0.3, 0.4) is 0 Å². The largest absolute Gasteiger partial charge is 0.317 e. The quantitative estimate of drug-likeness (QED) is 0.446. The van der Waals surface area contributed by atoms with Crippen LogP contribution in [0.5, 0.6) is 0 Å². The number of rotatable bonds is 1. The van der Waals surface area contributed by atoms with Gasteiger partial charge in [-0.05, 0) is 17.9 Å². The number of benzene rings is 1. The fourth-order valence-corrected chi connectivity index (χ4v) is 5.59. The maximum absolute atomic E-state index is 5.47. The molecular weight excluding hydrogens is 264 g/mol. The molecule has 3 aliphatic rings. The van der Waals surface area contributed by atoms with Gasteiger partial charge in [-0.2, -0.15) is 0 Å². The highest BCUT2D eigenvalue weighted by Gasteiger charge is 2.42. The molecule has 0 amide bonds. The van der Waals surface area contributed by atoms with Crippen LogP contribution < -0.4 is 0 Å². The summed E-state index contributed by atoms with van der Waals surface area (Å²) in [7, 11) is 1.29. The van der Waals surface area contributed by atoms with Crippen LogP contribution in [0.25, 0.3) is 0 Å². The summed E-state index contributed by atoms with van der Waals surface area (Å²) in [6.45, 7) is 2.25. The van der Waals surface area contributed by atoms with Crippen LogP contribution in [0.2, 0.25) is 0 Å². The summed E-state index contributed by atoms with van der Waals surface area (Å²) in [5, 5.41) is 4.29. The number of hydrogen-bond acceptors (Lipinski definition) is 4. The molecule has 0 bridgehead atoms. The molecule has 18 heavy (non-hydrogen) atoms. The van der Waals surface area contributed by atoms with Crippen molar-refractivity contribution in [1.82, 2.24) is 0 Å². The Bertz CT molecular complexity index is 607. The molecule has 0 spiro atoms. The van der Waals surface area contributed by atoms with Gasteiger partial charge in [-0.3, -0.25) is 0 Å². The van der Waals surface area contributed by atoms with Crippen LogP contribution in [-0.2, 0) is 4.28 Å². The van der Waals surface area contributed by atoms with E-state index in [1.54, 1.807) is 0 Å². The molecule has 0 aromatic heterocycles. The fourth-order valence-electron chi connectivity index (χ4n) is 2.76. The van der Waals surface area contributed by atoms with Crippen molar-refractivity contribution in [3.8, 4) is 0 Å². The minimum absolute atomic E-state index is 0.243. The van der Waals surface area contributed by atoms with Crippen molar-refractivity contribution in [1.29, 1.82) is 0 Å². The van der Waals surface area contributed by atoms with Crippen LogP contribution in [0.1, 0.15) is 24.8 Å². The van der Waals surface area contributed by atoms with E-state index in [2.05, 4.69) is 46.8 Å². The average Bonchev–Trinajstić information content (AvgIpc) is 3.00. The first kappa shape index (κ1) is 10.8. The highest BCUT2D eigenvalue weighted by atomic mass is 33.1. The van der Waals surface area contributed by atoms with Crippen LogP contribution in [-0.4, -0.2) is 16.3 Å². The van der Waals surface area contributed by atoms with Gasteiger partial charge in [0.25, 0.3) is 0 Å². The molecule has 1 fully saturated rings. The minimum Gasteiger partial charge on any atom is -0.317 e. The first-order valence-corrected chi connectivity index (χ1v) is 8.45. The number of nitrogens with zero attached hydrogens (tertiary/aromatic N) is 2. The van der Waals surface area contributed by atoms with Crippen LogP contribution in [0.4, 0.5) is 0 Å². The SMILES string of the molecule is CC1C2=NOS3=C2C(=NS3)CC1c1ccccc1. The summed E-state index contributed by atoms with van der Waals surface area (Å²) < 4.78 is 10.0. The second-order valence-corrected chi connectivity index (χ2v) is 7.45. The zero-order valence-electron chi connectivity index (χ0n) is 9.87. The molecular formula is C13H12N2OS2. The normalized spacial score (nSPS) is 32.7. The van der Waals surface area contributed by atoms with Crippen molar-refractivity contribution in [2.24, 2.45) is 15.5 Å². The van der Waals surface area contributed by atoms with Gasteiger partial charge < -0.3 is 4.28 Å². The van der Waals surface area contributed by atoms with Crippen LogP contribution in [0, 0.1) is 5.92 Å². The third-order valence-electron chi connectivity index (χ3n) is 3.76. The summed E-state index contributed by atoms with van der Waals surface area (Å²) in [6.07, 6.45) is 1.01. The summed E-state index contributed by atoms with van der Waals surface area (Å²) in [5.41, 5.74) is 3.70. The third kappa shape index (κ3) is 1.44. The Morgan fingerprint density at radius 1 is 1.33 bits per heavy atom. The lowest BCUT2D eigenvalue weighted by Gasteiger charge is -2.29. The molecule has 4 rings (SSSR count). The van der Waals surface area contributed by atoms with Gasteiger partial charge in [-0.15, -0.1) is 0 Å². The van der Waals surface area contributed by atoms with Crippen LogP contribution in [0.15, 0.2) is 39.9 Å². The van der Waals surface area contributed by atoms with E-state index < -0.39 is 0 Å². The van der Waals surface area contributed by atoms with Gasteiger partial charge in [0.15, 0.2) is 0 Å². The molecule has 2 heterocycles. The molecule has 2 aliphatic heterocycles. The standard InChI is InChI=1S/C13H12N2OS2/c1-8-10(9-5-3-2-4-6-9)7-11-13-12(8)14-16-18(13)17-15-11/h2-6,8,10H,7H2,1H3. The van der Waals surface area contributed by atoms with Gasteiger partial charge in [0.2, 0.25) is 0 Å². The maximum Gasteiger partial charge on any atom is 0.118 e. The van der Waals surface area contributed by atoms with E-state index >= 15 is 0 Å². The van der Waals surface area contributed by atoms with Crippen LogP contribution >= 0.6 is 20.8 Å². The van der Waals surface area contributed by atoms with Gasteiger partial charge in [-0.1, -0.05) is 42.4 Å². The molecule has 0 radical (unpaired) electrons. The van der Waals surface area contributed by atoms with E-state index in [0.29, 0.717) is 11.8 Å². The first-order chi connectivity index (χ1) is 8.84. The van der Waals surface area contributed by atoms with Crippen molar-refractivity contribution in [3.05, 3.63) is 35.9 Å². The van der Waals surface area contributed by atoms with Crippen molar-refractivity contribution in [2.45, 2.75) is 19.3 Å². The highest BCUT2D eigenvalue weighted by molar-refractivity contribution is 8.82. The monoisotopic (exact) mass is 276 g/mol. The molecule has 1 saturated carbocycles. The van der Waals surface area contributed by atoms with Gasteiger partial charge in [0, 0.05) is 5.92 Å². The summed E-state index contributed by atoms with van der Waals surface area (Å²) in [6, 6.07) is 10.7. The summed E-state index contributed by atoms with van der Waals surface area (Å²) >= 11 is 0. The second kappa shape index (κ2) is 3.96. The molecule has 3 nitrogen and oxygen atoms in total. The lowest BCUT2D eigenvalue weighted by Crippen LogP contribution is -2.37. The highest BCUT2D eigenvalue weighted by Crippen LogP contribution is 2.49. The lowest BCUT2D eigenvalue weighted by molar-refractivity contribution is 0.407. The summed E-state index contributed by atoms with van der Waals surface area (Å²) in [4.78, 5) is 1.28. The van der Waals surface area contributed by atoms with Crippen molar-refractivity contribution >= 4 is 37.1 Å². The fraction of sp³-hybridized carbons (Fsp3) is 0.308. The van der Waals surface area contributed by atoms with Gasteiger partial charge in [-0.25, -0.2) is 4.40 Å². The summed E-state index contributed by atoms with van der Waals surface area (Å²) in [5.74, 6) is 0.885.